The zero-order valence-electron chi connectivity index (χ0n) is 12.5. The van der Waals surface area contributed by atoms with Gasteiger partial charge in [0.05, 0.1) is 5.57 Å². The first-order valence-corrected chi connectivity index (χ1v) is 7.23. The Morgan fingerprint density at radius 1 is 1.00 bits per heavy atom. The molecule has 1 N–H and O–H groups in total. The molecule has 0 saturated carbocycles. The molecule has 0 aromatic heterocycles. The zero-order valence-corrected chi connectivity index (χ0v) is 12.5. The molecule has 0 fully saturated rings. The molecule has 2 nitrogen and oxygen atoms in total. The van der Waals surface area contributed by atoms with Gasteiger partial charge in [-0.25, -0.2) is 4.79 Å². The molecule has 2 rings (SSSR count). The van der Waals surface area contributed by atoms with Gasteiger partial charge in [0, 0.05) is 0 Å². The largest absolute Gasteiger partial charge is 0.478 e. The maximum atomic E-state index is 11.8. The van der Waals surface area contributed by atoms with E-state index in [1.54, 1.807) is 0 Å². The van der Waals surface area contributed by atoms with Gasteiger partial charge < -0.3 is 5.11 Å². The van der Waals surface area contributed by atoms with Crippen LogP contribution < -0.4 is 0 Å². The lowest BCUT2D eigenvalue weighted by atomic mass is 9.89. The number of benzene rings is 2. The van der Waals surface area contributed by atoms with Gasteiger partial charge in [0.25, 0.3) is 0 Å². The lowest BCUT2D eigenvalue weighted by molar-refractivity contribution is -0.130. The van der Waals surface area contributed by atoms with E-state index in [4.69, 9.17) is 0 Å². The van der Waals surface area contributed by atoms with E-state index in [0.717, 1.165) is 35.1 Å². The molecule has 0 aliphatic rings. The highest BCUT2D eigenvalue weighted by atomic mass is 16.4. The van der Waals surface area contributed by atoms with Crippen molar-refractivity contribution in [3.8, 4) is 0 Å². The molecule has 21 heavy (non-hydrogen) atoms. The number of hydrogen-bond acceptors (Lipinski definition) is 1. The molecule has 108 valence electrons. The molecule has 2 aromatic carbocycles. The Balaban J connectivity index is 2.70. The first-order valence-electron chi connectivity index (χ1n) is 7.23. The van der Waals surface area contributed by atoms with Crippen LogP contribution >= 0.6 is 0 Å². The van der Waals surface area contributed by atoms with Crippen LogP contribution in [0, 0.1) is 6.92 Å². The fraction of sp³-hybridized carbons (Fsp3) is 0.211. The van der Waals surface area contributed by atoms with E-state index in [9.17, 15) is 9.90 Å². The Bertz CT molecular complexity index is 654. The Morgan fingerprint density at radius 2 is 1.62 bits per heavy atom. The normalized spacial score (nSPS) is 11.9. The van der Waals surface area contributed by atoms with Crippen LogP contribution in [0.2, 0.25) is 0 Å². The lowest BCUT2D eigenvalue weighted by Gasteiger charge is -2.15. The lowest BCUT2D eigenvalue weighted by Crippen LogP contribution is -2.04. The Labute approximate surface area is 125 Å². The molecule has 0 saturated heterocycles. The second kappa shape index (κ2) is 6.89. The van der Waals surface area contributed by atoms with Crippen molar-refractivity contribution in [2.75, 3.05) is 0 Å². The molecular weight excluding hydrogens is 260 g/mol. The van der Waals surface area contributed by atoms with Gasteiger partial charge in [-0.2, -0.15) is 0 Å². The molecular formula is C19H20O2. The molecule has 2 aromatic rings. The van der Waals surface area contributed by atoms with Gasteiger partial charge in [0.2, 0.25) is 0 Å². The maximum Gasteiger partial charge on any atom is 0.336 e. The topological polar surface area (TPSA) is 37.3 Å². The average molecular weight is 280 g/mol. The molecule has 0 aliphatic carbocycles. The maximum absolute atomic E-state index is 11.8. The van der Waals surface area contributed by atoms with Crippen molar-refractivity contribution in [2.45, 2.75) is 26.7 Å². The first kappa shape index (κ1) is 15.0. The van der Waals surface area contributed by atoms with Gasteiger partial charge >= 0.3 is 5.97 Å². The first-order chi connectivity index (χ1) is 10.1. The van der Waals surface area contributed by atoms with Crippen LogP contribution in [-0.4, -0.2) is 11.1 Å². The van der Waals surface area contributed by atoms with E-state index < -0.39 is 5.97 Å². The van der Waals surface area contributed by atoms with E-state index in [1.807, 2.05) is 61.5 Å². The van der Waals surface area contributed by atoms with E-state index in [2.05, 4.69) is 6.92 Å². The van der Waals surface area contributed by atoms with Crippen molar-refractivity contribution in [1.82, 2.24) is 0 Å². The number of carbonyl (C=O) groups is 1. The fourth-order valence-electron chi connectivity index (χ4n) is 2.59. The van der Waals surface area contributed by atoms with Crippen molar-refractivity contribution >= 4 is 17.1 Å². The van der Waals surface area contributed by atoms with Crippen LogP contribution in [0.1, 0.15) is 36.5 Å². The van der Waals surface area contributed by atoms with Gasteiger partial charge in [-0.15, -0.1) is 0 Å². The minimum Gasteiger partial charge on any atom is -0.478 e. The summed E-state index contributed by atoms with van der Waals surface area (Å²) >= 11 is 0. The third-order valence-corrected chi connectivity index (χ3v) is 3.55. The van der Waals surface area contributed by atoms with Crippen LogP contribution in [0.15, 0.2) is 54.6 Å². The van der Waals surface area contributed by atoms with Crippen molar-refractivity contribution in [2.24, 2.45) is 0 Å². The van der Waals surface area contributed by atoms with E-state index >= 15 is 0 Å². The number of rotatable bonds is 5. The summed E-state index contributed by atoms with van der Waals surface area (Å²) in [4.78, 5) is 11.8. The van der Waals surface area contributed by atoms with Crippen LogP contribution in [-0.2, 0) is 4.79 Å². The van der Waals surface area contributed by atoms with Gasteiger partial charge in [0.15, 0.2) is 0 Å². The SMILES string of the molecule is CCCC(=C(C(=O)O)c1ccccc1)c1ccccc1C. The summed E-state index contributed by atoms with van der Waals surface area (Å²) in [5, 5.41) is 9.72. The van der Waals surface area contributed by atoms with E-state index in [1.165, 1.54) is 0 Å². The second-order valence-electron chi connectivity index (χ2n) is 5.09. The standard InChI is InChI=1S/C19H20O2/c1-3-9-17(16-13-8-7-10-14(16)2)18(19(20)21)15-11-5-4-6-12-15/h4-8,10-13H,3,9H2,1-2H3,(H,20,21). The van der Waals surface area contributed by atoms with Crippen molar-refractivity contribution in [3.05, 3.63) is 71.3 Å². The van der Waals surface area contributed by atoms with Crippen LogP contribution in [0.4, 0.5) is 0 Å². The molecule has 0 spiro atoms. The third-order valence-electron chi connectivity index (χ3n) is 3.55. The van der Waals surface area contributed by atoms with Crippen LogP contribution in [0.25, 0.3) is 11.1 Å². The van der Waals surface area contributed by atoms with Gasteiger partial charge in [0.1, 0.15) is 0 Å². The molecule has 2 heteroatoms. The highest BCUT2D eigenvalue weighted by Crippen LogP contribution is 2.32. The highest BCUT2D eigenvalue weighted by molar-refractivity contribution is 6.23. The molecule has 0 unspecified atom stereocenters. The van der Waals surface area contributed by atoms with Crippen LogP contribution in [0.5, 0.6) is 0 Å². The van der Waals surface area contributed by atoms with Crippen molar-refractivity contribution in [3.63, 3.8) is 0 Å². The number of hydrogen-bond donors (Lipinski definition) is 1. The fourth-order valence-corrected chi connectivity index (χ4v) is 2.59. The van der Waals surface area contributed by atoms with Gasteiger partial charge in [-0.3, -0.25) is 0 Å². The molecule has 0 amide bonds. The smallest absolute Gasteiger partial charge is 0.336 e. The minimum atomic E-state index is -0.868. The Hall–Kier alpha value is -2.35. The average Bonchev–Trinajstić information content (AvgIpc) is 2.48. The predicted octanol–water partition coefficient (Wildman–Crippen LogP) is 4.79. The number of carboxylic acid groups (broad SMARTS) is 1. The summed E-state index contributed by atoms with van der Waals surface area (Å²) in [6, 6.07) is 17.3. The van der Waals surface area contributed by atoms with Crippen LogP contribution in [0.3, 0.4) is 0 Å². The van der Waals surface area contributed by atoms with E-state index in [0.29, 0.717) is 5.57 Å². The summed E-state index contributed by atoms with van der Waals surface area (Å²) in [7, 11) is 0. The molecule has 0 radical (unpaired) electrons. The Morgan fingerprint density at radius 3 is 2.19 bits per heavy atom. The number of carboxylic acids is 1. The van der Waals surface area contributed by atoms with Crippen molar-refractivity contribution < 1.29 is 9.90 Å². The summed E-state index contributed by atoms with van der Waals surface area (Å²) < 4.78 is 0. The van der Waals surface area contributed by atoms with Gasteiger partial charge in [-0.05, 0) is 35.6 Å². The van der Waals surface area contributed by atoms with E-state index in [-0.39, 0.29) is 0 Å². The number of aliphatic carboxylic acids is 1. The predicted molar refractivity (Wildman–Crippen MR) is 87.0 cm³/mol. The quantitative estimate of drug-likeness (QED) is 0.631. The molecule has 0 atom stereocenters. The summed E-state index contributed by atoms with van der Waals surface area (Å²) in [5.74, 6) is -0.868. The zero-order chi connectivity index (χ0) is 15.2. The number of aryl methyl sites for hydroxylation is 1. The summed E-state index contributed by atoms with van der Waals surface area (Å²) in [6.07, 6.45) is 1.66. The second-order valence-corrected chi connectivity index (χ2v) is 5.09. The minimum absolute atomic E-state index is 0.409. The highest BCUT2D eigenvalue weighted by Gasteiger charge is 2.18. The molecule has 0 heterocycles. The molecule has 0 bridgehead atoms. The van der Waals surface area contributed by atoms with Crippen molar-refractivity contribution in [1.29, 1.82) is 0 Å². The molecule has 0 aliphatic heterocycles. The summed E-state index contributed by atoms with van der Waals surface area (Å²) in [6.45, 7) is 4.10. The number of allylic oxidation sites excluding steroid dienone is 1. The third kappa shape index (κ3) is 3.40. The summed E-state index contributed by atoms with van der Waals surface area (Å²) in [5.41, 5.74) is 4.22. The Kier molecular flexibility index (Phi) is 4.94. The monoisotopic (exact) mass is 280 g/mol. The van der Waals surface area contributed by atoms with Gasteiger partial charge in [-0.1, -0.05) is 67.9 Å².